The summed E-state index contributed by atoms with van der Waals surface area (Å²) < 4.78 is 12.2. The molecule has 32 heavy (non-hydrogen) atoms. The van der Waals surface area contributed by atoms with Crippen molar-refractivity contribution in [1.82, 2.24) is 10.5 Å². The van der Waals surface area contributed by atoms with Crippen LogP contribution in [-0.4, -0.2) is 29.5 Å². The summed E-state index contributed by atoms with van der Waals surface area (Å²) in [7, 11) is 0. The van der Waals surface area contributed by atoms with E-state index in [-0.39, 0.29) is 19.0 Å². The highest BCUT2D eigenvalue weighted by molar-refractivity contribution is 7.17. The Hall–Kier alpha value is -2.90. The van der Waals surface area contributed by atoms with E-state index in [0.29, 0.717) is 18.8 Å². The molecule has 2 aromatic heterocycles. The topological polar surface area (TPSA) is 67.5 Å². The summed E-state index contributed by atoms with van der Waals surface area (Å²) in [5.41, 5.74) is 3.75. The largest absolute Gasteiger partial charge is 0.491 e. The lowest BCUT2D eigenvalue weighted by Gasteiger charge is -2.14. The fraction of sp³-hybridized carbons (Fsp3) is 0.160. The SMILES string of the molecule is Cl.O[C@H](CNCc1cccc2ccccc12)COc1cccc(-c2noc3ccsc23)c1. The maximum Gasteiger partial charge on any atom is 0.178 e. The number of aromatic nitrogens is 1. The lowest BCUT2D eigenvalue weighted by Crippen LogP contribution is -2.31. The molecule has 164 valence electrons. The minimum Gasteiger partial charge on any atom is -0.491 e. The van der Waals surface area contributed by atoms with Gasteiger partial charge in [0.2, 0.25) is 0 Å². The molecule has 0 amide bonds. The molecule has 0 saturated carbocycles. The average molecular weight is 467 g/mol. The third-order valence-corrected chi connectivity index (χ3v) is 6.11. The molecule has 3 aromatic carbocycles. The Morgan fingerprint density at radius 3 is 2.81 bits per heavy atom. The minimum atomic E-state index is -0.616. The number of hydrogen-bond acceptors (Lipinski definition) is 6. The van der Waals surface area contributed by atoms with Crippen LogP contribution in [0.15, 0.2) is 82.7 Å². The van der Waals surface area contributed by atoms with Gasteiger partial charge in [-0.05, 0) is 39.9 Å². The first-order valence-electron chi connectivity index (χ1n) is 10.2. The molecule has 0 unspecified atom stereocenters. The van der Waals surface area contributed by atoms with Crippen molar-refractivity contribution in [2.45, 2.75) is 12.6 Å². The van der Waals surface area contributed by atoms with E-state index in [9.17, 15) is 5.11 Å². The van der Waals surface area contributed by atoms with Gasteiger partial charge in [-0.15, -0.1) is 23.7 Å². The first-order valence-corrected chi connectivity index (χ1v) is 11.1. The summed E-state index contributed by atoms with van der Waals surface area (Å²) in [6.07, 6.45) is -0.616. The van der Waals surface area contributed by atoms with Crippen molar-refractivity contribution in [2.24, 2.45) is 0 Å². The highest BCUT2D eigenvalue weighted by atomic mass is 35.5. The van der Waals surface area contributed by atoms with Gasteiger partial charge in [0.05, 0.1) is 0 Å². The predicted molar refractivity (Wildman–Crippen MR) is 132 cm³/mol. The Kier molecular flexibility index (Phi) is 7.07. The van der Waals surface area contributed by atoms with Crippen LogP contribution in [0.1, 0.15) is 5.56 Å². The monoisotopic (exact) mass is 466 g/mol. The smallest absolute Gasteiger partial charge is 0.178 e. The minimum absolute atomic E-state index is 0. The second kappa shape index (κ2) is 10.1. The number of thiophene rings is 1. The zero-order chi connectivity index (χ0) is 21.0. The van der Waals surface area contributed by atoms with Gasteiger partial charge in [0.15, 0.2) is 5.58 Å². The Balaban J connectivity index is 0.00000245. The molecule has 0 fully saturated rings. The summed E-state index contributed by atoms with van der Waals surface area (Å²) in [4.78, 5) is 0. The number of aliphatic hydroxyl groups is 1. The van der Waals surface area contributed by atoms with E-state index in [0.717, 1.165) is 21.5 Å². The van der Waals surface area contributed by atoms with Crippen LogP contribution < -0.4 is 10.1 Å². The van der Waals surface area contributed by atoms with Gasteiger partial charge < -0.3 is 19.7 Å². The van der Waals surface area contributed by atoms with Gasteiger partial charge in [-0.2, -0.15) is 0 Å². The molecule has 0 aliphatic carbocycles. The van der Waals surface area contributed by atoms with Gasteiger partial charge in [0.25, 0.3) is 0 Å². The standard InChI is InChI=1S/C25H22N2O3S.ClH/c28-20(15-26-14-19-8-3-6-17-5-1-2-10-22(17)19)16-29-21-9-4-7-18(13-21)24-25-23(30-27-24)11-12-31-25;/h1-13,20,26,28H,14-16H2;1H/t20-;/m1./s1. The van der Waals surface area contributed by atoms with E-state index in [1.807, 2.05) is 47.8 Å². The molecule has 0 bridgehead atoms. The third-order valence-electron chi connectivity index (χ3n) is 5.20. The maximum absolute atomic E-state index is 10.4. The van der Waals surface area contributed by atoms with E-state index in [1.54, 1.807) is 11.3 Å². The number of nitrogens with one attached hydrogen (secondary N) is 1. The van der Waals surface area contributed by atoms with Crippen molar-refractivity contribution < 1.29 is 14.4 Å². The summed E-state index contributed by atoms with van der Waals surface area (Å²) in [5.74, 6) is 0.693. The third kappa shape index (κ3) is 4.79. The molecular formula is C25H23ClN2O3S. The summed E-state index contributed by atoms with van der Waals surface area (Å²) in [6, 6.07) is 24.2. The lowest BCUT2D eigenvalue weighted by atomic mass is 10.0. The summed E-state index contributed by atoms with van der Waals surface area (Å²) in [6.45, 7) is 1.35. The van der Waals surface area contributed by atoms with Crippen LogP contribution in [0, 0.1) is 0 Å². The van der Waals surface area contributed by atoms with Crippen molar-refractivity contribution in [3.8, 4) is 17.0 Å². The number of rotatable bonds is 8. The van der Waals surface area contributed by atoms with Crippen LogP contribution in [-0.2, 0) is 6.54 Å². The van der Waals surface area contributed by atoms with Gasteiger partial charge in [-0.1, -0.05) is 59.8 Å². The number of halogens is 1. The molecule has 0 radical (unpaired) electrons. The van der Waals surface area contributed by atoms with Crippen molar-refractivity contribution in [1.29, 1.82) is 0 Å². The second-order valence-electron chi connectivity index (χ2n) is 7.41. The fourth-order valence-electron chi connectivity index (χ4n) is 3.67. The molecule has 1 atom stereocenters. The quantitative estimate of drug-likeness (QED) is 0.309. The molecule has 5 aromatic rings. The van der Waals surface area contributed by atoms with Gasteiger partial charge >= 0.3 is 0 Å². The van der Waals surface area contributed by atoms with Gasteiger partial charge in [0, 0.05) is 18.7 Å². The molecule has 0 aliphatic heterocycles. The van der Waals surface area contributed by atoms with E-state index in [1.165, 1.54) is 16.3 Å². The predicted octanol–water partition coefficient (Wildman–Crippen LogP) is 5.66. The second-order valence-corrected chi connectivity index (χ2v) is 8.32. The van der Waals surface area contributed by atoms with Crippen LogP contribution >= 0.6 is 23.7 Å². The van der Waals surface area contributed by atoms with E-state index >= 15 is 0 Å². The molecule has 2 heterocycles. The summed E-state index contributed by atoms with van der Waals surface area (Å²) >= 11 is 1.60. The van der Waals surface area contributed by atoms with Crippen LogP contribution in [0.3, 0.4) is 0 Å². The molecule has 5 rings (SSSR count). The number of nitrogens with zero attached hydrogens (tertiary/aromatic N) is 1. The molecule has 0 saturated heterocycles. The van der Waals surface area contributed by atoms with Crippen LogP contribution in [0.2, 0.25) is 0 Å². The molecule has 2 N–H and O–H groups in total. The van der Waals surface area contributed by atoms with Gasteiger partial charge in [-0.25, -0.2) is 0 Å². The molecule has 7 heteroatoms. The number of ether oxygens (including phenoxy) is 1. The molecular weight excluding hydrogens is 444 g/mol. The highest BCUT2D eigenvalue weighted by Gasteiger charge is 2.13. The van der Waals surface area contributed by atoms with Crippen molar-refractivity contribution in [2.75, 3.05) is 13.2 Å². The average Bonchev–Trinajstić information content (AvgIpc) is 3.42. The van der Waals surface area contributed by atoms with Gasteiger partial charge in [-0.3, -0.25) is 0 Å². The maximum atomic E-state index is 10.4. The van der Waals surface area contributed by atoms with Crippen LogP contribution in [0.25, 0.3) is 32.3 Å². The molecule has 5 nitrogen and oxygen atoms in total. The fourth-order valence-corrected chi connectivity index (χ4v) is 4.48. The zero-order valence-corrected chi connectivity index (χ0v) is 18.9. The number of fused-ring (bicyclic) bond motifs is 2. The van der Waals surface area contributed by atoms with Crippen molar-refractivity contribution in [3.63, 3.8) is 0 Å². The van der Waals surface area contributed by atoms with Crippen molar-refractivity contribution >= 4 is 44.8 Å². The van der Waals surface area contributed by atoms with Crippen molar-refractivity contribution in [3.05, 3.63) is 83.7 Å². The Labute approximate surface area is 196 Å². The Morgan fingerprint density at radius 2 is 1.88 bits per heavy atom. The molecule has 0 aliphatic rings. The lowest BCUT2D eigenvalue weighted by molar-refractivity contribution is 0.106. The van der Waals surface area contributed by atoms with E-state index < -0.39 is 6.10 Å². The zero-order valence-electron chi connectivity index (χ0n) is 17.2. The Bertz CT molecular complexity index is 1310. The Morgan fingerprint density at radius 1 is 1.03 bits per heavy atom. The van der Waals surface area contributed by atoms with E-state index in [2.05, 4.69) is 40.8 Å². The highest BCUT2D eigenvalue weighted by Crippen LogP contribution is 2.33. The van der Waals surface area contributed by atoms with Crippen LogP contribution in [0.4, 0.5) is 0 Å². The van der Waals surface area contributed by atoms with E-state index in [4.69, 9.17) is 9.26 Å². The summed E-state index contributed by atoms with van der Waals surface area (Å²) in [5, 5.41) is 22.3. The number of aliphatic hydroxyl groups excluding tert-OH is 1. The first kappa shape index (κ1) is 22.3. The number of hydrogen-bond donors (Lipinski definition) is 2. The number of benzene rings is 3. The normalized spacial score (nSPS) is 12.0. The van der Waals surface area contributed by atoms with Gasteiger partial charge in [0.1, 0.15) is 28.9 Å². The van der Waals surface area contributed by atoms with Crippen LogP contribution in [0.5, 0.6) is 5.75 Å². The first-order chi connectivity index (χ1) is 15.3. The molecule has 0 spiro atoms.